The van der Waals surface area contributed by atoms with Gasteiger partial charge in [-0.1, -0.05) is 27.7 Å². The predicted octanol–water partition coefficient (Wildman–Crippen LogP) is 2.62. The van der Waals surface area contributed by atoms with E-state index in [-0.39, 0.29) is 11.7 Å². The highest BCUT2D eigenvalue weighted by Gasteiger charge is 2.10. The number of rotatable bonds is 6. The fourth-order valence-corrected chi connectivity index (χ4v) is 2.27. The van der Waals surface area contributed by atoms with E-state index >= 15 is 0 Å². The molecule has 6 nitrogen and oxygen atoms in total. The summed E-state index contributed by atoms with van der Waals surface area (Å²) in [6.45, 7) is 0.351. The number of benzene rings is 1. The Balaban J connectivity index is 1.87. The lowest BCUT2D eigenvalue weighted by atomic mass is 10.2. The van der Waals surface area contributed by atoms with Gasteiger partial charge in [-0.15, -0.1) is 10.2 Å². The van der Waals surface area contributed by atoms with Gasteiger partial charge in [-0.2, -0.15) is 5.26 Å². The lowest BCUT2D eigenvalue weighted by Gasteiger charge is -1.99. The van der Waals surface area contributed by atoms with Gasteiger partial charge in [0.25, 0.3) is 5.22 Å². The summed E-state index contributed by atoms with van der Waals surface area (Å²) in [5.41, 5.74) is 0.816. The van der Waals surface area contributed by atoms with Crippen molar-refractivity contribution in [2.45, 2.75) is 11.6 Å². The fraction of sp³-hybridized carbons (Fsp3) is 0.231. The molecule has 21 heavy (non-hydrogen) atoms. The molecule has 2 rings (SSSR count). The number of carbonyl (C=O) groups excluding carboxylic acids is 1. The number of nitrogens with zero attached hydrogens (tertiary/aromatic N) is 3. The smallest absolute Gasteiger partial charge is 0.277 e. The highest BCUT2D eigenvalue weighted by Crippen LogP contribution is 2.24. The molecule has 0 spiro atoms. The van der Waals surface area contributed by atoms with Gasteiger partial charge in [0, 0.05) is 16.6 Å². The van der Waals surface area contributed by atoms with Gasteiger partial charge >= 0.3 is 0 Å². The minimum Gasteiger partial charge on any atom is -0.411 e. The van der Waals surface area contributed by atoms with E-state index in [1.165, 1.54) is 0 Å². The molecule has 8 heteroatoms. The largest absolute Gasteiger partial charge is 0.411 e. The SMILES string of the molecule is N#CCCNC(=O)CSc1nnc(-c2ccc(Br)cc2)o1. The van der Waals surface area contributed by atoms with Crippen molar-refractivity contribution in [2.75, 3.05) is 12.3 Å². The molecule has 1 N–H and O–H groups in total. The summed E-state index contributed by atoms with van der Waals surface area (Å²) in [6, 6.07) is 9.45. The second-order valence-electron chi connectivity index (χ2n) is 3.93. The first-order valence-electron chi connectivity index (χ1n) is 6.05. The van der Waals surface area contributed by atoms with E-state index in [0.717, 1.165) is 21.8 Å². The summed E-state index contributed by atoms with van der Waals surface area (Å²) < 4.78 is 6.45. The number of nitrogens with one attached hydrogen (secondary N) is 1. The number of nitriles is 1. The maximum Gasteiger partial charge on any atom is 0.277 e. The summed E-state index contributed by atoms with van der Waals surface area (Å²) in [6.07, 6.45) is 0.296. The number of halogens is 1. The van der Waals surface area contributed by atoms with E-state index in [4.69, 9.17) is 9.68 Å². The highest BCUT2D eigenvalue weighted by atomic mass is 79.9. The van der Waals surface area contributed by atoms with Crippen molar-refractivity contribution in [1.29, 1.82) is 5.26 Å². The van der Waals surface area contributed by atoms with Gasteiger partial charge in [-0.25, -0.2) is 0 Å². The van der Waals surface area contributed by atoms with E-state index in [1.54, 1.807) is 0 Å². The molecule has 2 aromatic rings. The number of carbonyl (C=O) groups is 1. The number of amides is 1. The third-order valence-corrected chi connectivity index (χ3v) is 3.73. The Morgan fingerprint density at radius 3 is 2.86 bits per heavy atom. The number of hydrogen-bond donors (Lipinski definition) is 1. The molecular formula is C13H11BrN4O2S. The van der Waals surface area contributed by atoms with Gasteiger partial charge in [0.15, 0.2) is 0 Å². The quantitative estimate of drug-likeness (QED) is 0.623. The van der Waals surface area contributed by atoms with E-state index in [9.17, 15) is 4.79 Å². The predicted molar refractivity (Wildman–Crippen MR) is 81.4 cm³/mol. The minimum atomic E-state index is -0.168. The van der Waals surface area contributed by atoms with Gasteiger partial charge in [0.05, 0.1) is 18.2 Å². The maximum atomic E-state index is 11.5. The van der Waals surface area contributed by atoms with Crippen LogP contribution in [0.25, 0.3) is 11.5 Å². The van der Waals surface area contributed by atoms with Gasteiger partial charge in [0.2, 0.25) is 11.8 Å². The molecule has 108 valence electrons. The van der Waals surface area contributed by atoms with Crippen molar-refractivity contribution < 1.29 is 9.21 Å². The minimum absolute atomic E-state index is 0.168. The molecule has 0 fully saturated rings. The maximum absolute atomic E-state index is 11.5. The van der Waals surface area contributed by atoms with Crippen molar-refractivity contribution >= 4 is 33.6 Å². The van der Waals surface area contributed by atoms with Crippen molar-refractivity contribution in [2.24, 2.45) is 0 Å². The topological polar surface area (TPSA) is 91.8 Å². The molecule has 0 aliphatic rings. The van der Waals surface area contributed by atoms with Crippen LogP contribution in [-0.2, 0) is 4.79 Å². The zero-order chi connectivity index (χ0) is 15.1. The monoisotopic (exact) mass is 366 g/mol. The van der Waals surface area contributed by atoms with Crippen molar-refractivity contribution in [3.63, 3.8) is 0 Å². The zero-order valence-corrected chi connectivity index (χ0v) is 13.3. The molecule has 0 unspecified atom stereocenters. The van der Waals surface area contributed by atoms with Gasteiger partial charge < -0.3 is 9.73 Å². The van der Waals surface area contributed by atoms with Gasteiger partial charge in [-0.05, 0) is 24.3 Å². The Kier molecular flexibility index (Phi) is 5.78. The molecule has 1 amide bonds. The molecule has 0 atom stereocenters. The van der Waals surface area contributed by atoms with Crippen LogP contribution in [0.2, 0.25) is 0 Å². The first-order chi connectivity index (χ1) is 10.2. The zero-order valence-electron chi connectivity index (χ0n) is 10.9. The van der Waals surface area contributed by atoms with Crippen molar-refractivity contribution in [1.82, 2.24) is 15.5 Å². The van der Waals surface area contributed by atoms with E-state index < -0.39 is 0 Å². The molecule has 0 saturated carbocycles. The molecule has 0 saturated heterocycles. The number of hydrogen-bond acceptors (Lipinski definition) is 6. The molecule has 0 bridgehead atoms. The second kappa shape index (κ2) is 7.81. The molecule has 0 radical (unpaired) electrons. The summed E-state index contributed by atoms with van der Waals surface area (Å²) >= 11 is 4.52. The molecule has 1 heterocycles. The lowest BCUT2D eigenvalue weighted by molar-refractivity contribution is -0.118. The van der Waals surface area contributed by atoms with Crippen LogP contribution in [0.3, 0.4) is 0 Å². The van der Waals surface area contributed by atoms with E-state index in [1.807, 2.05) is 30.3 Å². The summed E-state index contributed by atoms with van der Waals surface area (Å²) in [7, 11) is 0. The van der Waals surface area contributed by atoms with Crippen LogP contribution in [0.5, 0.6) is 0 Å². The van der Waals surface area contributed by atoms with Gasteiger partial charge in [-0.3, -0.25) is 4.79 Å². The summed E-state index contributed by atoms with van der Waals surface area (Å²) in [4.78, 5) is 11.5. The van der Waals surface area contributed by atoms with Crippen LogP contribution in [0, 0.1) is 11.3 Å². The van der Waals surface area contributed by atoms with Crippen LogP contribution in [-0.4, -0.2) is 28.4 Å². The second-order valence-corrected chi connectivity index (χ2v) is 5.77. The van der Waals surface area contributed by atoms with Crippen LogP contribution in [0.15, 0.2) is 38.4 Å². The van der Waals surface area contributed by atoms with Crippen LogP contribution < -0.4 is 5.32 Å². The Hall–Kier alpha value is -1.85. The molecule has 0 aliphatic carbocycles. The Bertz CT molecular complexity index is 651. The highest BCUT2D eigenvalue weighted by molar-refractivity contribution is 9.10. The molecule has 1 aromatic carbocycles. The molecule has 1 aromatic heterocycles. The van der Waals surface area contributed by atoms with E-state index in [0.29, 0.717) is 24.1 Å². The number of thioether (sulfide) groups is 1. The van der Waals surface area contributed by atoms with Crippen molar-refractivity contribution in [3.05, 3.63) is 28.7 Å². The standard InChI is InChI=1S/C13H11BrN4O2S/c14-10-4-2-9(3-5-10)12-17-18-13(20-12)21-8-11(19)16-7-1-6-15/h2-5H,1,7-8H2,(H,16,19). The van der Waals surface area contributed by atoms with Crippen LogP contribution in [0.4, 0.5) is 0 Å². The summed E-state index contributed by atoms with van der Waals surface area (Å²) in [5, 5.41) is 19.2. The van der Waals surface area contributed by atoms with Crippen LogP contribution >= 0.6 is 27.7 Å². The average Bonchev–Trinajstić information content (AvgIpc) is 2.95. The van der Waals surface area contributed by atoms with Gasteiger partial charge in [0.1, 0.15) is 0 Å². The molecule has 0 aliphatic heterocycles. The average molecular weight is 367 g/mol. The normalized spacial score (nSPS) is 10.1. The first kappa shape index (κ1) is 15.5. The number of aromatic nitrogens is 2. The Morgan fingerprint density at radius 1 is 1.38 bits per heavy atom. The Morgan fingerprint density at radius 2 is 2.14 bits per heavy atom. The third kappa shape index (κ3) is 4.88. The Labute approximate surface area is 134 Å². The fourth-order valence-electron chi connectivity index (χ4n) is 1.41. The first-order valence-corrected chi connectivity index (χ1v) is 7.83. The third-order valence-electron chi connectivity index (χ3n) is 2.38. The van der Waals surface area contributed by atoms with Crippen molar-refractivity contribution in [3.8, 4) is 17.5 Å². The molecular weight excluding hydrogens is 356 g/mol. The van der Waals surface area contributed by atoms with Crippen LogP contribution in [0.1, 0.15) is 6.42 Å². The van der Waals surface area contributed by atoms with E-state index in [2.05, 4.69) is 31.4 Å². The lowest BCUT2D eigenvalue weighted by Crippen LogP contribution is -2.25. The summed E-state index contributed by atoms with van der Waals surface area (Å²) in [5.74, 6) is 0.418.